The van der Waals surface area contributed by atoms with Crippen LogP contribution in [0, 0.1) is 5.92 Å². The van der Waals surface area contributed by atoms with E-state index in [0.717, 1.165) is 38.5 Å². The lowest BCUT2D eigenvalue weighted by atomic mass is 9.84. The second-order valence-corrected chi connectivity index (χ2v) is 5.07. The Kier molecular flexibility index (Phi) is 3.50. The largest absolute Gasteiger partial charge is 0.480 e. The summed E-state index contributed by atoms with van der Waals surface area (Å²) in [5.74, 6) is -0.441. The van der Waals surface area contributed by atoms with Crippen molar-refractivity contribution in [1.82, 2.24) is 5.32 Å². The van der Waals surface area contributed by atoms with Gasteiger partial charge in [-0.25, -0.2) is 0 Å². The van der Waals surface area contributed by atoms with Crippen molar-refractivity contribution in [1.29, 1.82) is 0 Å². The maximum Gasteiger partial charge on any atom is 0.324 e. The molecule has 2 rings (SSSR count). The summed E-state index contributed by atoms with van der Waals surface area (Å²) in [6.07, 6.45) is 5.91. The fourth-order valence-electron chi connectivity index (χ4n) is 2.85. The summed E-state index contributed by atoms with van der Waals surface area (Å²) < 4.78 is 5.08. The summed E-state index contributed by atoms with van der Waals surface area (Å²) in [6, 6.07) is 0.444. The van der Waals surface area contributed by atoms with E-state index < -0.39 is 11.5 Å². The third-order valence-electron chi connectivity index (χ3n) is 3.91. The summed E-state index contributed by atoms with van der Waals surface area (Å²) in [4.78, 5) is 11.6. The summed E-state index contributed by atoms with van der Waals surface area (Å²) in [5.41, 5.74) is -0.667. The Balaban J connectivity index is 2.05. The number of nitrogens with one attached hydrogen (secondary N) is 1. The molecule has 4 nitrogen and oxygen atoms in total. The van der Waals surface area contributed by atoms with Gasteiger partial charge in [0, 0.05) is 19.8 Å². The Hall–Kier alpha value is -0.610. The first-order chi connectivity index (χ1) is 7.69. The monoisotopic (exact) mass is 227 g/mol. The molecular weight excluding hydrogens is 206 g/mol. The van der Waals surface area contributed by atoms with Crippen LogP contribution in [0.15, 0.2) is 0 Å². The molecular formula is C12H21NO3. The van der Waals surface area contributed by atoms with Gasteiger partial charge in [-0.3, -0.25) is 10.1 Å². The van der Waals surface area contributed by atoms with Crippen molar-refractivity contribution in [2.45, 2.75) is 50.1 Å². The molecule has 0 heterocycles. The van der Waals surface area contributed by atoms with Gasteiger partial charge < -0.3 is 9.84 Å². The molecule has 0 radical (unpaired) electrons. The molecule has 0 aliphatic heterocycles. The molecule has 2 aliphatic carbocycles. The zero-order valence-electron chi connectivity index (χ0n) is 9.87. The number of carboxylic acid groups (broad SMARTS) is 1. The quantitative estimate of drug-likeness (QED) is 0.720. The first kappa shape index (κ1) is 11.9. The number of hydrogen-bond donors (Lipinski definition) is 2. The lowest BCUT2D eigenvalue weighted by molar-refractivity contribution is -0.147. The highest BCUT2D eigenvalue weighted by atomic mass is 16.5. The number of methoxy groups -OCH3 is 1. The Morgan fingerprint density at radius 2 is 2.25 bits per heavy atom. The molecule has 0 amide bonds. The summed E-state index contributed by atoms with van der Waals surface area (Å²) >= 11 is 0. The third-order valence-corrected chi connectivity index (χ3v) is 3.91. The minimum Gasteiger partial charge on any atom is -0.480 e. The summed E-state index contributed by atoms with van der Waals surface area (Å²) in [6.45, 7) is 0.659. The SMILES string of the molecule is COCCC1CCCC1(NC1CC1)C(=O)O. The maximum atomic E-state index is 11.6. The van der Waals surface area contributed by atoms with Gasteiger partial charge in [-0.15, -0.1) is 0 Å². The van der Waals surface area contributed by atoms with E-state index in [-0.39, 0.29) is 5.92 Å². The minimum atomic E-state index is -0.669. The second-order valence-electron chi connectivity index (χ2n) is 5.07. The van der Waals surface area contributed by atoms with Crippen LogP contribution >= 0.6 is 0 Å². The van der Waals surface area contributed by atoms with Gasteiger partial charge in [0.05, 0.1) is 0 Å². The first-order valence-electron chi connectivity index (χ1n) is 6.19. The van der Waals surface area contributed by atoms with Crippen LogP contribution in [0.25, 0.3) is 0 Å². The Bertz CT molecular complexity index is 265. The molecule has 92 valence electrons. The molecule has 2 fully saturated rings. The zero-order chi connectivity index (χ0) is 11.6. The van der Waals surface area contributed by atoms with E-state index in [4.69, 9.17) is 4.74 Å². The average Bonchev–Trinajstić information content (AvgIpc) is 2.95. The number of hydrogen-bond acceptors (Lipinski definition) is 3. The zero-order valence-corrected chi connectivity index (χ0v) is 9.87. The summed E-state index contributed by atoms with van der Waals surface area (Å²) in [5, 5.41) is 12.9. The summed E-state index contributed by atoms with van der Waals surface area (Å²) in [7, 11) is 1.67. The molecule has 0 saturated heterocycles. The van der Waals surface area contributed by atoms with E-state index in [1.807, 2.05) is 0 Å². The molecule has 0 spiro atoms. The van der Waals surface area contributed by atoms with Crippen LogP contribution < -0.4 is 5.32 Å². The van der Waals surface area contributed by atoms with Crippen LogP contribution in [0.2, 0.25) is 0 Å². The van der Waals surface area contributed by atoms with Crippen molar-refractivity contribution in [3.8, 4) is 0 Å². The van der Waals surface area contributed by atoms with Gasteiger partial charge in [0.25, 0.3) is 0 Å². The van der Waals surface area contributed by atoms with Crippen LogP contribution in [0.3, 0.4) is 0 Å². The lowest BCUT2D eigenvalue weighted by Gasteiger charge is -2.32. The van der Waals surface area contributed by atoms with E-state index >= 15 is 0 Å². The Labute approximate surface area is 96.4 Å². The maximum absolute atomic E-state index is 11.6. The molecule has 16 heavy (non-hydrogen) atoms. The van der Waals surface area contributed by atoms with Crippen molar-refractivity contribution in [2.24, 2.45) is 5.92 Å². The first-order valence-corrected chi connectivity index (χ1v) is 6.19. The molecule has 2 saturated carbocycles. The van der Waals surface area contributed by atoms with Crippen LogP contribution in [0.1, 0.15) is 38.5 Å². The normalized spacial score (nSPS) is 34.2. The number of carbonyl (C=O) groups is 1. The average molecular weight is 227 g/mol. The van der Waals surface area contributed by atoms with Crippen molar-refractivity contribution in [2.75, 3.05) is 13.7 Å². The molecule has 2 atom stereocenters. The van der Waals surface area contributed by atoms with Gasteiger partial charge in [-0.05, 0) is 38.0 Å². The Morgan fingerprint density at radius 1 is 1.50 bits per heavy atom. The van der Waals surface area contributed by atoms with Crippen LogP contribution in [-0.4, -0.2) is 36.4 Å². The fourth-order valence-corrected chi connectivity index (χ4v) is 2.85. The standard InChI is InChI=1S/C12H21NO3/c1-16-8-6-9-3-2-7-12(9,11(14)15)13-10-4-5-10/h9-10,13H,2-8H2,1H3,(H,14,15). The number of aliphatic carboxylic acids is 1. The number of rotatable bonds is 6. The van der Waals surface area contributed by atoms with Crippen molar-refractivity contribution >= 4 is 5.97 Å². The predicted molar refractivity (Wildman–Crippen MR) is 60.4 cm³/mol. The Morgan fingerprint density at radius 3 is 2.81 bits per heavy atom. The van der Waals surface area contributed by atoms with Gasteiger partial charge in [0.2, 0.25) is 0 Å². The highest BCUT2D eigenvalue weighted by molar-refractivity contribution is 5.80. The molecule has 0 aromatic carbocycles. The molecule has 2 unspecified atom stereocenters. The van der Waals surface area contributed by atoms with E-state index in [1.165, 1.54) is 0 Å². The highest BCUT2D eigenvalue weighted by Gasteiger charge is 2.50. The molecule has 4 heteroatoms. The van der Waals surface area contributed by atoms with Gasteiger partial charge >= 0.3 is 5.97 Å². The van der Waals surface area contributed by atoms with Gasteiger partial charge in [-0.2, -0.15) is 0 Å². The van der Waals surface area contributed by atoms with Crippen LogP contribution in [0.4, 0.5) is 0 Å². The van der Waals surface area contributed by atoms with Crippen molar-refractivity contribution in [3.05, 3.63) is 0 Å². The van der Waals surface area contributed by atoms with Gasteiger partial charge in [0.15, 0.2) is 0 Å². The third kappa shape index (κ3) is 2.23. The highest BCUT2D eigenvalue weighted by Crippen LogP contribution is 2.40. The second kappa shape index (κ2) is 4.72. The van der Waals surface area contributed by atoms with Crippen molar-refractivity contribution in [3.63, 3.8) is 0 Å². The van der Waals surface area contributed by atoms with E-state index in [1.54, 1.807) is 7.11 Å². The molecule has 0 aromatic rings. The van der Waals surface area contributed by atoms with E-state index in [2.05, 4.69) is 5.32 Å². The lowest BCUT2D eigenvalue weighted by Crippen LogP contribution is -2.55. The van der Waals surface area contributed by atoms with Crippen LogP contribution in [-0.2, 0) is 9.53 Å². The van der Waals surface area contributed by atoms with Crippen LogP contribution in [0.5, 0.6) is 0 Å². The minimum absolute atomic E-state index is 0.227. The number of ether oxygens (including phenoxy) is 1. The van der Waals surface area contributed by atoms with Gasteiger partial charge in [0.1, 0.15) is 5.54 Å². The van der Waals surface area contributed by atoms with E-state index in [0.29, 0.717) is 12.6 Å². The van der Waals surface area contributed by atoms with Crippen molar-refractivity contribution < 1.29 is 14.6 Å². The molecule has 2 N–H and O–H groups in total. The predicted octanol–water partition coefficient (Wildman–Crippen LogP) is 1.40. The topological polar surface area (TPSA) is 58.6 Å². The number of carboxylic acids is 1. The molecule has 0 aromatic heterocycles. The van der Waals surface area contributed by atoms with Gasteiger partial charge in [-0.1, -0.05) is 6.42 Å². The smallest absolute Gasteiger partial charge is 0.324 e. The van der Waals surface area contributed by atoms with E-state index in [9.17, 15) is 9.90 Å². The fraction of sp³-hybridized carbons (Fsp3) is 0.917. The molecule has 2 aliphatic rings. The molecule has 0 bridgehead atoms.